The van der Waals surface area contributed by atoms with E-state index in [1.165, 1.54) is 17.0 Å². The molecule has 2 aromatic carbocycles. The second-order valence-electron chi connectivity index (χ2n) is 8.89. The Balaban J connectivity index is 1.17. The molecule has 0 saturated carbocycles. The monoisotopic (exact) mass is 491 g/mol. The largest absolute Gasteiger partial charge is 0.368 e. The Morgan fingerprint density at radius 3 is 2.33 bits per heavy atom. The van der Waals surface area contributed by atoms with Crippen molar-refractivity contribution in [3.05, 3.63) is 101 Å². The van der Waals surface area contributed by atoms with Crippen LogP contribution in [0.4, 0.5) is 11.5 Å². The lowest BCUT2D eigenvalue weighted by atomic mass is 10.0. The standard InChI is InChI=1S/C29H25N5OS/c35-27(28-2-1-17-36-28)18-21-3-5-22(6-4-21)23-7-8-25-26(19-23)32-29(20-31-25)34-15-13-33(14-16-34)24-9-11-30-12-10-24/h1-12,17,19-20H,13-16,18H2. The average Bonchev–Trinajstić information content (AvgIpc) is 3.49. The number of carbonyl (C=O) groups excluding carboxylic acids is 1. The zero-order valence-electron chi connectivity index (χ0n) is 19.7. The highest BCUT2D eigenvalue weighted by molar-refractivity contribution is 7.12. The molecule has 6 rings (SSSR count). The van der Waals surface area contributed by atoms with E-state index < -0.39 is 0 Å². The number of rotatable bonds is 6. The van der Waals surface area contributed by atoms with Crippen LogP contribution in [0.15, 0.2) is 90.7 Å². The number of fused-ring (bicyclic) bond motifs is 1. The number of pyridine rings is 1. The van der Waals surface area contributed by atoms with Crippen LogP contribution in [-0.2, 0) is 6.42 Å². The van der Waals surface area contributed by atoms with Gasteiger partial charge in [-0.3, -0.25) is 14.8 Å². The molecule has 3 aromatic heterocycles. The van der Waals surface area contributed by atoms with Crippen molar-refractivity contribution in [2.45, 2.75) is 6.42 Å². The molecule has 1 fully saturated rings. The molecule has 178 valence electrons. The number of Topliss-reactive ketones (excluding diaryl/α,β-unsaturated/α-hetero) is 1. The van der Waals surface area contributed by atoms with E-state index >= 15 is 0 Å². The van der Waals surface area contributed by atoms with Crippen molar-refractivity contribution in [1.29, 1.82) is 0 Å². The first-order chi connectivity index (χ1) is 17.7. The molecule has 36 heavy (non-hydrogen) atoms. The minimum atomic E-state index is 0.160. The fourth-order valence-corrected chi connectivity index (χ4v) is 5.27. The van der Waals surface area contributed by atoms with Crippen LogP contribution >= 0.6 is 11.3 Å². The number of carbonyl (C=O) groups is 1. The molecule has 0 amide bonds. The summed E-state index contributed by atoms with van der Waals surface area (Å²) in [6.45, 7) is 3.66. The van der Waals surface area contributed by atoms with Gasteiger partial charge in [0.05, 0.1) is 22.1 Å². The van der Waals surface area contributed by atoms with E-state index in [2.05, 4.69) is 56.2 Å². The molecular weight excluding hydrogens is 466 g/mol. The van der Waals surface area contributed by atoms with Crippen molar-refractivity contribution in [3.8, 4) is 11.1 Å². The number of piperazine rings is 1. The molecule has 0 spiro atoms. The molecule has 0 aliphatic carbocycles. The SMILES string of the molecule is O=C(Cc1ccc(-c2ccc3ncc(N4CCN(c5ccncc5)CC4)nc3c2)cc1)c1cccs1. The Labute approximate surface area is 213 Å². The molecule has 1 aliphatic rings. The third kappa shape index (κ3) is 4.70. The van der Waals surface area contributed by atoms with Crippen LogP contribution in [0.2, 0.25) is 0 Å². The summed E-state index contributed by atoms with van der Waals surface area (Å²) in [5, 5.41) is 1.94. The molecule has 0 unspecified atom stereocenters. The molecular formula is C29H25N5OS. The molecule has 0 atom stereocenters. The number of ketones is 1. The minimum Gasteiger partial charge on any atom is -0.368 e. The van der Waals surface area contributed by atoms with E-state index in [4.69, 9.17) is 4.98 Å². The Hall–Kier alpha value is -4.10. The Kier molecular flexibility index (Phi) is 6.13. The van der Waals surface area contributed by atoms with Gasteiger partial charge < -0.3 is 9.80 Å². The van der Waals surface area contributed by atoms with Crippen molar-refractivity contribution < 1.29 is 4.79 Å². The van der Waals surface area contributed by atoms with Crippen LogP contribution in [0.3, 0.4) is 0 Å². The molecule has 0 bridgehead atoms. The Bertz CT molecular complexity index is 1480. The van der Waals surface area contributed by atoms with Gasteiger partial charge >= 0.3 is 0 Å². The Morgan fingerprint density at radius 2 is 1.58 bits per heavy atom. The number of hydrogen-bond acceptors (Lipinski definition) is 7. The quantitative estimate of drug-likeness (QED) is 0.292. The first-order valence-corrected chi connectivity index (χ1v) is 12.9. The van der Waals surface area contributed by atoms with E-state index in [9.17, 15) is 4.79 Å². The molecule has 0 radical (unpaired) electrons. The number of anilines is 2. The third-order valence-corrected chi connectivity index (χ3v) is 7.52. The van der Waals surface area contributed by atoms with Gasteiger partial charge in [-0.15, -0.1) is 11.3 Å². The highest BCUT2D eigenvalue weighted by Gasteiger charge is 2.19. The van der Waals surface area contributed by atoms with E-state index in [0.29, 0.717) is 6.42 Å². The van der Waals surface area contributed by atoms with Gasteiger partial charge in [-0.2, -0.15) is 0 Å². The number of hydrogen-bond donors (Lipinski definition) is 0. The predicted molar refractivity (Wildman–Crippen MR) is 146 cm³/mol. The van der Waals surface area contributed by atoms with E-state index in [-0.39, 0.29) is 5.78 Å². The number of benzene rings is 2. The first-order valence-electron chi connectivity index (χ1n) is 12.1. The molecule has 4 heterocycles. The zero-order chi connectivity index (χ0) is 24.3. The topological polar surface area (TPSA) is 62.2 Å². The van der Waals surface area contributed by atoms with Crippen LogP contribution in [0, 0.1) is 0 Å². The molecule has 1 aliphatic heterocycles. The molecule has 1 saturated heterocycles. The summed E-state index contributed by atoms with van der Waals surface area (Å²) in [5.74, 6) is 1.07. The predicted octanol–water partition coefficient (Wildman–Crippen LogP) is 5.51. The smallest absolute Gasteiger partial charge is 0.177 e. The van der Waals surface area contributed by atoms with Gasteiger partial charge in [0.25, 0.3) is 0 Å². The summed E-state index contributed by atoms with van der Waals surface area (Å²) >= 11 is 1.49. The highest BCUT2D eigenvalue weighted by atomic mass is 32.1. The van der Waals surface area contributed by atoms with Crippen molar-refractivity contribution in [2.75, 3.05) is 36.0 Å². The van der Waals surface area contributed by atoms with E-state index in [0.717, 1.165) is 64.6 Å². The van der Waals surface area contributed by atoms with Gasteiger partial charge in [0.2, 0.25) is 0 Å². The molecule has 0 N–H and O–H groups in total. The fraction of sp³-hybridized carbons (Fsp3) is 0.172. The maximum absolute atomic E-state index is 12.4. The average molecular weight is 492 g/mol. The summed E-state index contributed by atoms with van der Waals surface area (Å²) < 4.78 is 0. The summed E-state index contributed by atoms with van der Waals surface area (Å²) in [7, 11) is 0. The van der Waals surface area contributed by atoms with Crippen LogP contribution < -0.4 is 9.80 Å². The fourth-order valence-electron chi connectivity index (χ4n) is 4.61. The normalized spacial score (nSPS) is 13.8. The minimum absolute atomic E-state index is 0.160. The van der Waals surface area contributed by atoms with Crippen LogP contribution in [0.1, 0.15) is 15.2 Å². The summed E-state index contributed by atoms with van der Waals surface area (Å²) in [6.07, 6.45) is 5.98. The summed E-state index contributed by atoms with van der Waals surface area (Å²) in [6, 6.07) is 22.3. The van der Waals surface area contributed by atoms with Crippen LogP contribution in [0.5, 0.6) is 0 Å². The van der Waals surface area contributed by atoms with Gasteiger partial charge in [0.15, 0.2) is 5.78 Å². The highest BCUT2D eigenvalue weighted by Crippen LogP contribution is 2.26. The van der Waals surface area contributed by atoms with Gasteiger partial charge in [-0.05, 0) is 52.4 Å². The van der Waals surface area contributed by atoms with Crippen LogP contribution in [0.25, 0.3) is 22.2 Å². The summed E-state index contributed by atoms with van der Waals surface area (Å²) in [4.78, 5) is 31.7. The maximum Gasteiger partial charge on any atom is 0.177 e. The number of aromatic nitrogens is 3. The lowest BCUT2D eigenvalue weighted by Gasteiger charge is -2.36. The molecule has 6 nitrogen and oxygen atoms in total. The zero-order valence-corrected chi connectivity index (χ0v) is 20.6. The van der Waals surface area contributed by atoms with E-state index in [1.807, 2.05) is 54.3 Å². The van der Waals surface area contributed by atoms with Crippen molar-refractivity contribution in [1.82, 2.24) is 15.0 Å². The molecule has 7 heteroatoms. The maximum atomic E-state index is 12.4. The summed E-state index contributed by atoms with van der Waals surface area (Å²) in [5.41, 5.74) is 6.19. The first kappa shape index (κ1) is 22.4. The van der Waals surface area contributed by atoms with Crippen LogP contribution in [-0.4, -0.2) is 46.9 Å². The second kappa shape index (κ2) is 9.87. The van der Waals surface area contributed by atoms with Gasteiger partial charge in [0.1, 0.15) is 5.82 Å². The number of nitrogens with zero attached hydrogens (tertiary/aromatic N) is 5. The van der Waals surface area contributed by atoms with Gasteiger partial charge in [-0.25, -0.2) is 4.98 Å². The van der Waals surface area contributed by atoms with Crippen molar-refractivity contribution >= 4 is 39.7 Å². The second-order valence-corrected chi connectivity index (χ2v) is 9.83. The van der Waals surface area contributed by atoms with Gasteiger partial charge in [-0.1, -0.05) is 36.4 Å². The Morgan fingerprint density at radius 1 is 0.833 bits per heavy atom. The van der Waals surface area contributed by atoms with Gasteiger partial charge in [0, 0.05) is 50.7 Å². The van der Waals surface area contributed by atoms with E-state index in [1.54, 1.807) is 0 Å². The van der Waals surface area contributed by atoms with Crippen molar-refractivity contribution in [2.24, 2.45) is 0 Å². The molecule has 5 aromatic rings. The lowest BCUT2D eigenvalue weighted by Crippen LogP contribution is -2.46. The third-order valence-electron chi connectivity index (χ3n) is 6.61. The van der Waals surface area contributed by atoms with Crippen molar-refractivity contribution in [3.63, 3.8) is 0 Å². The lowest BCUT2D eigenvalue weighted by molar-refractivity contribution is 0.0997. The number of thiophene rings is 1.